The lowest BCUT2D eigenvalue weighted by Crippen LogP contribution is -2.12. The zero-order valence-electron chi connectivity index (χ0n) is 13.1. The molecule has 0 fully saturated rings. The van der Waals surface area contributed by atoms with Crippen molar-refractivity contribution in [3.8, 4) is 0 Å². The molecular formula is C18H13Cl3N2OS. The van der Waals surface area contributed by atoms with E-state index in [4.69, 9.17) is 34.8 Å². The van der Waals surface area contributed by atoms with Crippen LogP contribution in [0.25, 0.3) is 0 Å². The number of anilines is 1. The molecule has 0 saturated carbocycles. The molecule has 25 heavy (non-hydrogen) atoms. The molecule has 3 aromatic rings. The van der Waals surface area contributed by atoms with E-state index in [0.717, 1.165) is 16.1 Å². The van der Waals surface area contributed by atoms with E-state index in [1.807, 2.05) is 19.1 Å². The van der Waals surface area contributed by atoms with Crippen LogP contribution in [0.2, 0.25) is 15.1 Å². The predicted octanol–water partition coefficient (Wildman–Crippen LogP) is 6.25. The minimum Gasteiger partial charge on any atom is -0.298 e. The lowest BCUT2D eigenvalue weighted by atomic mass is 10.1. The van der Waals surface area contributed by atoms with Crippen LogP contribution in [-0.4, -0.2) is 10.9 Å². The van der Waals surface area contributed by atoms with Crippen LogP contribution >= 0.6 is 46.1 Å². The van der Waals surface area contributed by atoms with Crippen molar-refractivity contribution in [1.82, 2.24) is 4.98 Å². The third kappa shape index (κ3) is 4.33. The van der Waals surface area contributed by atoms with Gasteiger partial charge in [0, 0.05) is 11.3 Å². The summed E-state index contributed by atoms with van der Waals surface area (Å²) in [7, 11) is 0. The minimum atomic E-state index is -0.277. The average Bonchev–Trinajstić information content (AvgIpc) is 2.90. The Morgan fingerprint density at radius 3 is 2.56 bits per heavy atom. The second-order valence-electron chi connectivity index (χ2n) is 5.39. The maximum Gasteiger partial charge on any atom is 0.258 e. The van der Waals surface area contributed by atoms with Gasteiger partial charge in [0.05, 0.1) is 26.3 Å². The van der Waals surface area contributed by atoms with E-state index in [2.05, 4.69) is 10.3 Å². The summed E-state index contributed by atoms with van der Waals surface area (Å²) in [6.07, 6.45) is 0.669. The topological polar surface area (TPSA) is 42.0 Å². The maximum absolute atomic E-state index is 12.3. The van der Waals surface area contributed by atoms with Crippen LogP contribution in [0.1, 0.15) is 26.5 Å². The van der Waals surface area contributed by atoms with Crippen molar-refractivity contribution in [2.45, 2.75) is 13.3 Å². The Bertz CT molecular complexity index is 940. The summed E-state index contributed by atoms with van der Waals surface area (Å²) in [4.78, 5) is 17.8. The molecule has 1 heterocycles. The standard InChI is InChI=1S/C18H13Cl3N2OS/c1-10-16(9-11-6-7-14(20)15(21)8-11)25-18(22-10)23-17(24)12-4-2-3-5-13(12)19/h2-8H,9H2,1H3,(H,22,23,24). The van der Waals surface area contributed by atoms with E-state index in [1.54, 1.807) is 30.3 Å². The number of aromatic nitrogens is 1. The van der Waals surface area contributed by atoms with Crippen molar-refractivity contribution >= 4 is 57.2 Å². The van der Waals surface area contributed by atoms with Gasteiger partial charge in [0.15, 0.2) is 5.13 Å². The maximum atomic E-state index is 12.3. The molecule has 0 unspecified atom stereocenters. The zero-order valence-corrected chi connectivity index (χ0v) is 16.2. The molecular weight excluding hydrogens is 399 g/mol. The number of thiazole rings is 1. The highest BCUT2D eigenvalue weighted by Crippen LogP contribution is 2.29. The Morgan fingerprint density at radius 2 is 1.84 bits per heavy atom. The normalized spacial score (nSPS) is 10.7. The monoisotopic (exact) mass is 410 g/mol. The van der Waals surface area contributed by atoms with E-state index < -0.39 is 0 Å². The highest BCUT2D eigenvalue weighted by atomic mass is 35.5. The van der Waals surface area contributed by atoms with Crippen molar-refractivity contribution in [3.63, 3.8) is 0 Å². The molecule has 128 valence electrons. The van der Waals surface area contributed by atoms with Crippen molar-refractivity contribution in [3.05, 3.63) is 79.2 Å². The number of hydrogen-bond donors (Lipinski definition) is 1. The van der Waals surface area contributed by atoms with Gasteiger partial charge in [-0.15, -0.1) is 11.3 Å². The molecule has 0 saturated heterocycles. The summed E-state index contributed by atoms with van der Waals surface area (Å²) < 4.78 is 0. The largest absolute Gasteiger partial charge is 0.298 e. The SMILES string of the molecule is Cc1nc(NC(=O)c2ccccc2Cl)sc1Cc1ccc(Cl)c(Cl)c1. The molecule has 0 aliphatic rings. The number of carbonyl (C=O) groups is 1. The summed E-state index contributed by atoms with van der Waals surface area (Å²) in [6, 6.07) is 12.4. The fourth-order valence-corrected chi connectivity index (χ4v) is 3.82. The molecule has 1 aromatic heterocycles. The van der Waals surface area contributed by atoms with Gasteiger partial charge in [0.1, 0.15) is 0 Å². The van der Waals surface area contributed by atoms with Gasteiger partial charge in [-0.1, -0.05) is 53.0 Å². The molecule has 0 bridgehead atoms. The quantitative estimate of drug-likeness (QED) is 0.551. The smallest absolute Gasteiger partial charge is 0.258 e. The van der Waals surface area contributed by atoms with Gasteiger partial charge in [-0.3, -0.25) is 10.1 Å². The molecule has 0 spiro atoms. The predicted molar refractivity (Wildman–Crippen MR) is 106 cm³/mol. The fraction of sp³-hybridized carbons (Fsp3) is 0.111. The third-order valence-corrected chi connectivity index (χ3v) is 5.72. The highest BCUT2D eigenvalue weighted by molar-refractivity contribution is 7.15. The Morgan fingerprint density at radius 1 is 1.08 bits per heavy atom. The van der Waals surface area contributed by atoms with Crippen LogP contribution in [0, 0.1) is 6.92 Å². The number of benzene rings is 2. The summed E-state index contributed by atoms with van der Waals surface area (Å²) in [5.41, 5.74) is 2.32. The highest BCUT2D eigenvalue weighted by Gasteiger charge is 2.14. The molecule has 3 rings (SSSR count). The molecule has 0 aliphatic heterocycles. The van der Waals surface area contributed by atoms with E-state index in [0.29, 0.717) is 32.2 Å². The second-order valence-corrected chi connectivity index (χ2v) is 7.69. The van der Waals surface area contributed by atoms with Gasteiger partial charge < -0.3 is 0 Å². The van der Waals surface area contributed by atoms with Crippen molar-refractivity contribution in [1.29, 1.82) is 0 Å². The van der Waals surface area contributed by atoms with Gasteiger partial charge in [0.25, 0.3) is 5.91 Å². The number of rotatable bonds is 4. The number of nitrogens with zero attached hydrogens (tertiary/aromatic N) is 1. The lowest BCUT2D eigenvalue weighted by Gasteiger charge is -2.03. The molecule has 7 heteroatoms. The van der Waals surface area contributed by atoms with Crippen molar-refractivity contribution < 1.29 is 4.79 Å². The number of aryl methyl sites for hydroxylation is 1. The van der Waals surface area contributed by atoms with Crippen molar-refractivity contribution in [2.24, 2.45) is 0 Å². The summed E-state index contributed by atoms with van der Waals surface area (Å²) in [5, 5.41) is 4.80. The number of nitrogens with one attached hydrogen (secondary N) is 1. The molecule has 0 radical (unpaired) electrons. The Hall–Kier alpha value is -1.59. The molecule has 1 N–H and O–H groups in total. The molecule has 0 atom stereocenters. The molecule has 2 aromatic carbocycles. The summed E-state index contributed by atoms with van der Waals surface area (Å²) >= 11 is 19.5. The fourth-order valence-electron chi connectivity index (χ4n) is 2.29. The molecule has 1 amide bonds. The van der Waals surface area contributed by atoms with Crippen LogP contribution in [-0.2, 0) is 6.42 Å². The second kappa shape index (κ2) is 7.75. The first kappa shape index (κ1) is 18.2. The van der Waals surface area contributed by atoms with E-state index in [1.165, 1.54) is 11.3 Å². The summed E-state index contributed by atoms with van der Waals surface area (Å²) in [6.45, 7) is 1.91. The van der Waals surface area contributed by atoms with E-state index in [9.17, 15) is 4.79 Å². The van der Waals surface area contributed by atoms with E-state index >= 15 is 0 Å². The van der Waals surface area contributed by atoms with Crippen LogP contribution in [0.15, 0.2) is 42.5 Å². The first-order valence-corrected chi connectivity index (χ1v) is 9.35. The van der Waals surface area contributed by atoms with Gasteiger partial charge in [-0.05, 0) is 36.8 Å². The van der Waals surface area contributed by atoms with E-state index in [-0.39, 0.29) is 5.91 Å². The van der Waals surface area contributed by atoms with Gasteiger partial charge in [-0.25, -0.2) is 4.98 Å². The van der Waals surface area contributed by atoms with Crippen LogP contribution in [0.5, 0.6) is 0 Å². The summed E-state index contributed by atoms with van der Waals surface area (Å²) in [5.74, 6) is -0.277. The van der Waals surface area contributed by atoms with Gasteiger partial charge >= 0.3 is 0 Å². The molecule has 0 aliphatic carbocycles. The molecule has 3 nitrogen and oxygen atoms in total. The number of amides is 1. The Balaban J connectivity index is 1.77. The average molecular weight is 412 g/mol. The Kier molecular flexibility index (Phi) is 5.64. The minimum absolute atomic E-state index is 0.277. The third-order valence-electron chi connectivity index (χ3n) is 3.58. The zero-order chi connectivity index (χ0) is 18.0. The van der Waals surface area contributed by atoms with Crippen LogP contribution in [0.4, 0.5) is 5.13 Å². The Labute approximate surface area is 164 Å². The number of halogens is 3. The van der Waals surface area contributed by atoms with Crippen LogP contribution < -0.4 is 5.32 Å². The van der Waals surface area contributed by atoms with Gasteiger partial charge in [0.2, 0.25) is 0 Å². The van der Waals surface area contributed by atoms with Crippen molar-refractivity contribution in [2.75, 3.05) is 5.32 Å². The first-order valence-electron chi connectivity index (χ1n) is 7.40. The number of carbonyl (C=O) groups excluding carboxylic acids is 1. The van der Waals surface area contributed by atoms with Crippen LogP contribution in [0.3, 0.4) is 0 Å². The number of hydrogen-bond acceptors (Lipinski definition) is 3. The van der Waals surface area contributed by atoms with Gasteiger partial charge in [-0.2, -0.15) is 0 Å². The first-order chi connectivity index (χ1) is 11.9. The lowest BCUT2D eigenvalue weighted by molar-refractivity contribution is 0.102.